The van der Waals surface area contributed by atoms with E-state index in [2.05, 4.69) is 15.6 Å². The lowest BCUT2D eigenvalue weighted by Gasteiger charge is -2.38. The number of hydrogen-bond acceptors (Lipinski definition) is 3. The molecule has 1 heterocycles. The molecule has 0 saturated heterocycles. The van der Waals surface area contributed by atoms with Crippen molar-refractivity contribution < 1.29 is 13.9 Å². The standard InChI is InChI=1S/C17H15FNO2Si/c1-21-16(20)12-7-6-11-8-9-19-17(22,14(11)10-12)13-4-2-3-5-15(13)18/h2-7,10,19H,8-9H2,1H3/t17-/m1/s1. The molecule has 5 heteroatoms. The van der Waals surface area contributed by atoms with Gasteiger partial charge in [0.2, 0.25) is 0 Å². The van der Waals surface area contributed by atoms with E-state index in [-0.39, 0.29) is 5.82 Å². The molecule has 111 valence electrons. The summed E-state index contributed by atoms with van der Waals surface area (Å²) in [6, 6.07) is 12.0. The van der Waals surface area contributed by atoms with E-state index in [4.69, 9.17) is 4.74 Å². The van der Waals surface area contributed by atoms with Gasteiger partial charge in [0.05, 0.1) is 28.1 Å². The quantitative estimate of drug-likeness (QED) is 0.682. The minimum absolute atomic E-state index is 0.304. The maximum absolute atomic E-state index is 14.3. The van der Waals surface area contributed by atoms with Crippen molar-refractivity contribution in [2.45, 2.75) is 11.6 Å². The summed E-state index contributed by atoms with van der Waals surface area (Å²) in [7, 11) is 5.06. The molecule has 0 amide bonds. The zero-order chi connectivity index (χ0) is 15.7. The van der Waals surface area contributed by atoms with Crippen LogP contribution in [0.15, 0.2) is 42.5 Å². The van der Waals surface area contributed by atoms with Crippen LogP contribution in [0.1, 0.15) is 27.0 Å². The molecule has 0 saturated carbocycles. The number of carbonyl (C=O) groups is 1. The molecule has 0 fully saturated rings. The van der Waals surface area contributed by atoms with Gasteiger partial charge in [-0.3, -0.25) is 0 Å². The predicted molar refractivity (Wildman–Crippen MR) is 82.4 cm³/mol. The van der Waals surface area contributed by atoms with E-state index in [1.165, 1.54) is 13.2 Å². The summed E-state index contributed by atoms with van der Waals surface area (Å²) < 4.78 is 19.1. The second-order valence-electron chi connectivity index (χ2n) is 5.27. The lowest BCUT2D eigenvalue weighted by atomic mass is 9.87. The summed E-state index contributed by atoms with van der Waals surface area (Å²) >= 11 is 0. The van der Waals surface area contributed by atoms with Crippen molar-refractivity contribution in [1.82, 2.24) is 5.32 Å². The van der Waals surface area contributed by atoms with Crippen molar-refractivity contribution in [2.75, 3.05) is 13.7 Å². The van der Waals surface area contributed by atoms with Gasteiger partial charge in [-0.15, -0.1) is 0 Å². The molecule has 0 aliphatic carbocycles. The molecule has 0 bridgehead atoms. The Morgan fingerprint density at radius 2 is 2.05 bits per heavy atom. The number of methoxy groups -OCH3 is 1. The molecule has 2 aromatic rings. The minimum atomic E-state index is -0.858. The Bertz CT molecular complexity index is 734. The summed E-state index contributed by atoms with van der Waals surface area (Å²) in [6.45, 7) is 0.711. The zero-order valence-electron chi connectivity index (χ0n) is 12.2. The molecule has 1 aliphatic heterocycles. The fourth-order valence-electron chi connectivity index (χ4n) is 2.87. The van der Waals surface area contributed by atoms with Crippen molar-refractivity contribution in [3.8, 4) is 0 Å². The van der Waals surface area contributed by atoms with Crippen molar-refractivity contribution in [3.05, 3.63) is 70.5 Å². The van der Waals surface area contributed by atoms with Gasteiger partial charge in [-0.2, -0.15) is 0 Å². The van der Waals surface area contributed by atoms with Crippen molar-refractivity contribution in [3.63, 3.8) is 0 Å². The SMILES string of the molecule is COC(=O)c1ccc2c(c1)[C@]([Si])(c1ccccc1F)NCC2. The smallest absolute Gasteiger partial charge is 0.337 e. The van der Waals surface area contributed by atoms with Crippen LogP contribution in [0, 0.1) is 5.82 Å². The number of ether oxygens (including phenoxy) is 1. The number of nitrogens with one attached hydrogen (secondary N) is 1. The van der Waals surface area contributed by atoms with Gasteiger partial charge in [0.1, 0.15) is 5.82 Å². The summed E-state index contributed by atoms with van der Waals surface area (Å²) in [5.41, 5.74) is 2.85. The van der Waals surface area contributed by atoms with Gasteiger partial charge in [0.25, 0.3) is 0 Å². The number of benzene rings is 2. The van der Waals surface area contributed by atoms with Crippen LogP contribution in [0.3, 0.4) is 0 Å². The van der Waals surface area contributed by atoms with Crippen molar-refractivity contribution >= 4 is 16.2 Å². The van der Waals surface area contributed by atoms with Gasteiger partial charge in [-0.25, -0.2) is 9.18 Å². The Kier molecular flexibility index (Phi) is 3.84. The average molecular weight is 312 g/mol. The van der Waals surface area contributed by atoms with E-state index in [9.17, 15) is 9.18 Å². The molecule has 0 aromatic heterocycles. The summed E-state index contributed by atoms with van der Waals surface area (Å²) in [4.78, 5) is 11.8. The predicted octanol–water partition coefficient (Wildman–Crippen LogP) is 2.13. The molecular weight excluding hydrogens is 297 g/mol. The van der Waals surface area contributed by atoms with E-state index < -0.39 is 11.1 Å². The summed E-state index contributed by atoms with van der Waals surface area (Å²) in [6.07, 6.45) is 0.817. The lowest BCUT2D eigenvalue weighted by Crippen LogP contribution is -2.49. The van der Waals surface area contributed by atoms with Gasteiger partial charge in [-0.05, 0) is 35.7 Å². The van der Waals surface area contributed by atoms with E-state index in [1.807, 2.05) is 6.07 Å². The number of fused-ring (bicyclic) bond motifs is 1. The normalized spacial score (nSPS) is 20.3. The van der Waals surface area contributed by atoms with E-state index >= 15 is 0 Å². The number of rotatable bonds is 2. The van der Waals surface area contributed by atoms with Crippen LogP contribution in [0.4, 0.5) is 4.39 Å². The maximum atomic E-state index is 14.3. The monoisotopic (exact) mass is 312 g/mol. The Hall–Kier alpha value is -1.98. The first kappa shape index (κ1) is 14.9. The van der Waals surface area contributed by atoms with Crippen LogP contribution in [0.25, 0.3) is 0 Å². The molecule has 0 unspecified atom stereocenters. The molecule has 1 atom stereocenters. The fraction of sp³-hybridized carbons (Fsp3) is 0.235. The van der Waals surface area contributed by atoms with Crippen LogP contribution < -0.4 is 5.32 Å². The highest BCUT2D eigenvalue weighted by Gasteiger charge is 2.35. The van der Waals surface area contributed by atoms with Crippen LogP contribution >= 0.6 is 0 Å². The second-order valence-corrected chi connectivity index (χ2v) is 6.02. The first-order chi connectivity index (χ1) is 10.6. The topological polar surface area (TPSA) is 38.3 Å². The van der Waals surface area contributed by atoms with Gasteiger partial charge < -0.3 is 10.1 Å². The third kappa shape index (κ3) is 2.36. The van der Waals surface area contributed by atoms with Gasteiger partial charge in [0, 0.05) is 12.1 Å². The van der Waals surface area contributed by atoms with Crippen LogP contribution in [0.5, 0.6) is 0 Å². The number of halogens is 1. The van der Waals surface area contributed by atoms with Crippen LogP contribution in [-0.4, -0.2) is 29.9 Å². The first-order valence-corrected chi connectivity index (χ1v) is 7.53. The molecule has 1 aliphatic rings. The Labute approximate surface area is 131 Å². The molecule has 2 aromatic carbocycles. The van der Waals surface area contributed by atoms with Crippen LogP contribution in [0.2, 0.25) is 0 Å². The molecule has 0 spiro atoms. The Morgan fingerprint density at radius 1 is 1.27 bits per heavy atom. The van der Waals surface area contributed by atoms with Crippen molar-refractivity contribution in [1.29, 1.82) is 0 Å². The van der Waals surface area contributed by atoms with E-state index in [0.717, 1.165) is 17.5 Å². The highest BCUT2D eigenvalue weighted by atomic mass is 28.1. The molecule has 3 radical (unpaired) electrons. The van der Waals surface area contributed by atoms with Gasteiger partial charge in [-0.1, -0.05) is 24.3 Å². The lowest BCUT2D eigenvalue weighted by molar-refractivity contribution is 0.0600. The first-order valence-electron chi connectivity index (χ1n) is 7.03. The van der Waals surface area contributed by atoms with Crippen molar-refractivity contribution in [2.24, 2.45) is 0 Å². The average Bonchev–Trinajstić information content (AvgIpc) is 2.54. The maximum Gasteiger partial charge on any atom is 0.337 e. The third-order valence-corrected chi connectivity index (χ3v) is 4.71. The molecule has 3 nitrogen and oxygen atoms in total. The summed E-state index contributed by atoms with van der Waals surface area (Å²) in [5.74, 6) is -0.711. The molecule has 22 heavy (non-hydrogen) atoms. The molecule has 1 N–H and O–H groups in total. The third-order valence-electron chi connectivity index (χ3n) is 4.00. The van der Waals surface area contributed by atoms with E-state index in [0.29, 0.717) is 17.7 Å². The van der Waals surface area contributed by atoms with Gasteiger partial charge in [0.15, 0.2) is 0 Å². The number of esters is 1. The Balaban J connectivity index is 2.18. The van der Waals surface area contributed by atoms with Crippen LogP contribution in [-0.2, 0) is 16.3 Å². The van der Waals surface area contributed by atoms with Gasteiger partial charge >= 0.3 is 5.97 Å². The number of carbonyl (C=O) groups excluding carboxylic acids is 1. The highest BCUT2D eigenvalue weighted by Crippen LogP contribution is 2.34. The fourth-order valence-corrected chi connectivity index (χ4v) is 3.43. The molecular formula is C17H15FNO2Si. The minimum Gasteiger partial charge on any atom is -0.465 e. The largest absolute Gasteiger partial charge is 0.465 e. The number of hydrogen-bond donors (Lipinski definition) is 1. The second kappa shape index (κ2) is 5.66. The zero-order valence-corrected chi connectivity index (χ0v) is 13.2. The molecule has 3 rings (SSSR count). The highest BCUT2D eigenvalue weighted by molar-refractivity contribution is 6.18. The summed E-state index contributed by atoms with van der Waals surface area (Å²) in [5, 5.41) is 2.46. The Morgan fingerprint density at radius 3 is 2.77 bits per heavy atom. The van der Waals surface area contributed by atoms with E-state index in [1.54, 1.807) is 30.3 Å².